The number of phenols is 3. The van der Waals surface area contributed by atoms with Crippen molar-refractivity contribution in [2.75, 3.05) is 0 Å². The lowest BCUT2D eigenvalue weighted by molar-refractivity contribution is 0.0676. The first kappa shape index (κ1) is 31.0. The van der Waals surface area contributed by atoms with E-state index in [9.17, 15) is 74.7 Å². The third kappa shape index (κ3) is 5.76. The Morgan fingerprint density at radius 1 is 0.311 bits per heavy atom. The van der Waals surface area contributed by atoms with Crippen LogP contribution in [0.1, 0.15) is 62.1 Å². The molecule has 228 valence electrons. The number of carbonyl (C=O) groups is 6. The second-order valence-electron chi connectivity index (χ2n) is 9.40. The topological polar surface area (TPSA) is 284 Å². The molecule has 4 rings (SSSR count). The van der Waals surface area contributed by atoms with E-state index in [0.717, 1.165) is 54.6 Å². The van der Waals surface area contributed by atoms with Gasteiger partial charge < -0.3 is 46.0 Å². The van der Waals surface area contributed by atoms with E-state index in [0.29, 0.717) is 0 Å². The molecule has 0 aliphatic heterocycles. The number of carboxylic acid groups (broad SMARTS) is 6. The van der Waals surface area contributed by atoms with Crippen LogP contribution in [-0.2, 0) is 0 Å². The lowest BCUT2D eigenvalue weighted by atomic mass is 9.87. The highest BCUT2D eigenvalue weighted by atomic mass is 16.4. The third-order valence-electron chi connectivity index (χ3n) is 6.57. The van der Waals surface area contributed by atoms with Crippen molar-refractivity contribution in [3.8, 4) is 50.6 Å². The lowest BCUT2D eigenvalue weighted by Gasteiger charge is -2.20. The Bertz CT molecular complexity index is 1660. The highest BCUT2D eigenvalue weighted by molar-refractivity contribution is 6.05. The van der Waals surface area contributed by atoms with Crippen LogP contribution in [0.15, 0.2) is 54.6 Å². The van der Waals surface area contributed by atoms with Gasteiger partial charge in [-0.15, -0.1) is 0 Å². The average Bonchev–Trinajstić information content (AvgIpc) is 2.96. The molecule has 0 spiro atoms. The van der Waals surface area contributed by atoms with E-state index in [1.807, 2.05) is 0 Å². The first-order chi connectivity index (χ1) is 21.0. The van der Waals surface area contributed by atoms with Crippen molar-refractivity contribution < 1.29 is 74.7 Å². The summed E-state index contributed by atoms with van der Waals surface area (Å²) < 4.78 is 0. The number of aromatic hydroxyl groups is 3. The second-order valence-corrected chi connectivity index (χ2v) is 9.40. The fourth-order valence-corrected chi connectivity index (χ4v) is 4.59. The Kier molecular flexibility index (Phi) is 7.87. The molecule has 9 N–H and O–H groups in total. The summed E-state index contributed by atoms with van der Waals surface area (Å²) in [5, 5.41) is 91.7. The molecule has 0 atom stereocenters. The zero-order valence-corrected chi connectivity index (χ0v) is 22.2. The molecule has 0 radical (unpaired) electrons. The van der Waals surface area contributed by atoms with E-state index < -0.39 is 120 Å². The fourth-order valence-electron chi connectivity index (χ4n) is 4.59. The number of aromatic carboxylic acids is 6. The standard InChI is InChI=1S/C30H18O15/c31-22-19(10-1-13(25(34)35)7-14(2-10)26(36)37)23(32)21(12-5-17(29(42)43)9-18(6-12)30(44)45)24(33)20(22)11-3-15(27(38)39)8-16(4-11)28(40)41/h1-9,31-33H,(H,34,35)(H,36,37)(H,38,39)(H,40,41)(H,42,43)(H,44,45). The minimum atomic E-state index is -1.63. The molecule has 45 heavy (non-hydrogen) atoms. The van der Waals surface area contributed by atoms with E-state index >= 15 is 0 Å². The van der Waals surface area contributed by atoms with Crippen molar-refractivity contribution in [2.24, 2.45) is 0 Å². The molecular formula is C30H18O15. The quantitative estimate of drug-likeness (QED) is 0.128. The molecule has 4 aromatic rings. The molecule has 0 saturated carbocycles. The van der Waals surface area contributed by atoms with Crippen molar-refractivity contribution in [3.05, 3.63) is 88.0 Å². The van der Waals surface area contributed by atoms with Crippen molar-refractivity contribution in [2.45, 2.75) is 0 Å². The Hall–Kier alpha value is -6.90. The van der Waals surface area contributed by atoms with Crippen molar-refractivity contribution in [1.29, 1.82) is 0 Å². The largest absolute Gasteiger partial charge is 0.506 e. The predicted molar refractivity (Wildman–Crippen MR) is 150 cm³/mol. The zero-order chi connectivity index (χ0) is 33.5. The van der Waals surface area contributed by atoms with Gasteiger partial charge in [0.1, 0.15) is 17.2 Å². The van der Waals surface area contributed by atoms with E-state index in [1.165, 1.54) is 0 Å². The Morgan fingerprint density at radius 3 is 0.600 bits per heavy atom. The molecule has 0 aromatic heterocycles. The summed E-state index contributed by atoms with van der Waals surface area (Å²) >= 11 is 0. The van der Waals surface area contributed by atoms with Gasteiger partial charge >= 0.3 is 35.8 Å². The molecule has 0 aliphatic carbocycles. The lowest BCUT2D eigenvalue weighted by Crippen LogP contribution is -2.05. The van der Waals surface area contributed by atoms with Gasteiger partial charge in [-0.3, -0.25) is 0 Å². The molecule has 15 nitrogen and oxygen atoms in total. The van der Waals surface area contributed by atoms with Gasteiger partial charge in [0.05, 0.1) is 50.1 Å². The van der Waals surface area contributed by atoms with Gasteiger partial charge in [-0.05, 0) is 71.3 Å². The molecule has 0 heterocycles. The molecule has 0 bridgehead atoms. The number of hydrogen-bond acceptors (Lipinski definition) is 9. The SMILES string of the molecule is O=C(O)c1cc(C(=O)O)cc(-c2c(O)c(-c3cc(C(=O)O)cc(C(=O)O)c3)c(O)c(-c3cc(C(=O)O)cc(C(=O)O)c3)c2O)c1. The summed E-state index contributed by atoms with van der Waals surface area (Å²) in [6.07, 6.45) is 0. The monoisotopic (exact) mass is 618 g/mol. The molecular weight excluding hydrogens is 600 g/mol. The van der Waals surface area contributed by atoms with Crippen LogP contribution in [0.5, 0.6) is 17.2 Å². The third-order valence-corrected chi connectivity index (χ3v) is 6.57. The normalized spacial score (nSPS) is 10.7. The van der Waals surface area contributed by atoms with Gasteiger partial charge in [-0.1, -0.05) is 0 Å². The summed E-state index contributed by atoms with van der Waals surface area (Å²) in [5.74, 6) is -13.1. The van der Waals surface area contributed by atoms with Crippen LogP contribution in [0.4, 0.5) is 0 Å². The van der Waals surface area contributed by atoms with Crippen molar-refractivity contribution >= 4 is 35.8 Å². The van der Waals surface area contributed by atoms with Gasteiger partial charge in [0.15, 0.2) is 0 Å². The molecule has 0 saturated heterocycles. The summed E-state index contributed by atoms with van der Waals surface area (Å²) in [6.45, 7) is 0. The Balaban J connectivity index is 2.27. The van der Waals surface area contributed by atoms with Crippen molar-refractivity contribution in [1.82, 2.24) is 0 Å². The van der Waals surface area contributed by atoms with Crippen LogP contribution in [0.25, 0.3) is 33.4 Å². The summed E-state index contributed by atoms with van der Waals surface area (Å²) in [4.78, 5) is 70.7. The molecule has 0 unspecified atom stereocenters. The van der Waals surface area contributed by atoms with E-state index in [1.54, 1.807) is 0 Å². The Labute approximate surface area is 249 Å². The van der Waals surface area contributed by atoms with Gasteiger partial charge in [-0.2, -0.15) is 0 Å². The molecule has 0 amide bonds. The first-order valence-electron chi connectivity index (χ1n) is 12.2. The summed E-state index contributed by atoms with van der Waals surface area (Å²) in [5.41, 5.74) is -7.56. The molecule has 0 fully saturated rings. The number of carboxylic acids is 6. The maximum absolute atomic E-state index is 11.8. The smallest absolute Gasteiger partial charge is 0.335 e. The van der Waals surface area contributed by atoms with Crippen LogP contribution >= 0.6 is 0 Å². The maximum atomic E-state index is 11.8. The first-order valence-corrected chi connectivity index (χ1v) is 12.2. The van der Waals surface area contributed by atoms with Gasteiger partial charge in [-0.25, -0.2) is 28.8 Å². The number of benzene rings is 4. The summed E-state index contributed by atoms with van der Waals surface area (Å²) in [7, 11) is 0. The predicted octanol–water partition coefficient (Wildman–Crippen LogP) is 3.99. The minimum Gasteiger partial charge on any atom is -0.506 e. The van der Waals surface area contributed by atoms with Crippen LogP contribution in [0, 0.1) is 0 Å². The van der Waals surface area contributed by atoms with Crippen LogP contribution in [0.3, 0.4) is 0 Å². The highest BCUT2D eigenvalue weighted by Crippen LogP contribution is 2.55. The molecule has 15 heteroatoms. The highest BCUT2D eigenvalue weighted by Gasteiger charge is 2.30. The maximum Gasteiger partial charge on any atom is 0.335 e. The summed E-state index contributed by atoms with van der Waals surface area (Å²) in [6, 6.07) is 7.28. The average molecular weight is 618 g/mol. The van der Waals surface area contributed by atoms with Crippen LogP contribution < -0.4 is 0 Å². The number of phenolic OH excluding ortho intramolecular Hbond substituents is 3. The van der Waals surface area contributed by atoms with Crippen molar-refractivity contribution in [3.63, 3.8) is 0 Å². The van der Waals surface area contributed by atoms with E-state index in [-0.39, 0.29) is 0 Å². The van der Waals surface area contributed by atoms with Gasteiger partial charge in [0.2, 0.25) is 0 Å². The van der Waals surface area contributed by atoms with E-state index in [2.05, 4.69) is 0 Å². The van der Waals surface area contributed by atoms with Gasteiger partial charge in [0.25, 0.3) is 0 Å². The van der Waals surface area contributed by atoms with Gasteiger partial charge in [0, 0.05) is 0 Å². The minimum absolute atomic E-state index is 0.481. The Morgan fingerprint density at radius 2 is 0.467 bits per heavy atom. The number of hydrogen-bond donors (Lipinski definition) is 9. The molecule has 0 aliphatic rings. The van der Waals surface area contributed by atoms with Crippen LogP contribution in [0.2, 0.25) is 0 Å². The second kappa shape index (κ2) is 11.4. The molecule has 4 aromatic carbocycles. The fraction of sp³-hybridized carbons (Fsp3) is 0. The zero-order valence-electron chi connectivity index (χ0n) is 22.2. The van der Waals surface area contributed by atoms with Crippen LogP contribution in [-0.4, -0.2) is 81.8 Å². The number of rotatable bonds is 9. The van der Waals surface area contributed by atoms with E-state index in [4.69, 9.17) is 0 Å².